The summed E-state index contributed by atoms with van der Waals surface area (Å²) in [4.78, 5) is 12.2. The fraction of sp³-hybridized carbons (Fsp3) is 0. The van der Waals surface area contributed by atoms with E-state index in [0.717, 1.165) is 20.9 Å². The van der Waals surface area contributed by atoms with Gasteiger partial charge in [0, 0.05) is 20.9 Å². The van der Waals surface area contributed by atoms with Crippen LogP contribution < -0.4 is 0 Å². The highest BCUT2D eigenvalue weighted by atomic mass is 35.5. The van der Waals surface area contributed by atoms with Crippen molar-refractivity contribution >= 4 is 92.1 Å². The zero-order valence-electron chi connectivity index (χ0n) is 12.1. The molecular weight excluding hydrogens is 379 g/mol. The molecule has 0 atom stereocenters. The molecule has 5 aromatic rings. The largest absolute Gasteiger partial charge is 0.275 e. The minimum atomic E-state index is -0.500. The molecular formula is C19H8Cl2OS2. The summed E-state index contributed by atoms with van der Waals surface area (Å²) in [5.41, 5.74) is 0. The maximum absolute atomic E-state index is 11.8. The summed E-state index contributed by atoms with van der Waals surface area (Å²) in [6.45, 7) is 0. The first-order valence-corrected chi connectivity index (χ1v) is 9.69. The molecule has 0 fully saturated rings. The summed E-state index contributed by atoms with van der Waals surface area (Å²) < 4.78 is 3.44. The van der Waals surface area contributed by atoms with E-state index in [9.17, 15) is 4.79 Å². The number of carbonyl (C=O) groups excluding carboxylic acids is 1. The van der Waals surface area contributed by atoms with Crippen LogP contribution in [0.4, 0.5) is 0 Å². The number of thiophene rings is 2. The second kappa shape index (κ2) is 5.17. The molecule has 0 aliphatic carbocycles. The molecule has 0 radical (unpaired) electrons. The standard InChI is InChI=1S/C19H8Cl2OS2/c20-15-14-10-6-2-1-5-9(10)13-11-7-3-4-8-12(11)23-16(13)17(14)24-18(15)19(21)22/h1-8H. The zero-order valence-corrected chi connectivity index (χ0v) is 15.2. The molecule has 0 saturated heterocycles. The SMILES string of the molecule is O=C(Cl)c1sc2c3sc4ccccc4c3c3ccccc3c2c1Cl. The van der Waals surface area contributed by atoms with Crippen LogP contribution in [-0.2, 0) is 0 Å². The van der Waals surface area contributed by atoms with Crippen LogP contribution >= 0.6 is 45.9 Å². The average molecular weight is 387 g/mol. The van der Waals surface area contributed by atoms with E-state index in [1.54, 1.807) is 11.3 Å². The maximum atomic E-state index is 11.8. The molecule has 0 N–H and O–H groups in total. The van der Waals surface area contributed by atoms with Crippen LogP contribution in [0.2, 0.25) is 5.02 Å². The molecule has 1 nitrogen and oxygen atoms in total. The number of hydrogen-bond acceptors (Lipinski definition) is 3. The van der Waals surface area contributed by atoms with Crippen molar-refractivity contribution in [3.8, 4) is 0 Å². The highest BCUT2D eigenvalue weighted by molar-refractivity contribution is 7.32. The predicted octanol–water partition coefficient (Wildman–Crippen LogP) is 7.45. The summed E-state index contributed by atoms with van der Waals surface area (Å²) in [6.07, 6.45) is 0. The Bertz CT molecular complexity index is 1300. The Morgan fingerprint density at radius 1 is 0.792 bits per heavy atom. The van der Waals surface area contributed by atoms with Gasteiger partial charge in [-0.25, -0.2) is 0 Å². The summed E-state index contributed by atoms with van der Waals surface area (Å²) in [5.74, 6) is 0. The molecule has 0 bridgehead atoms. The molecule has 0 aliphatic rings. The number of carbonyl (C=O) groups is 1. The monoisotopic (exact) mass is 386 g/mol. The third-order valence-electron chi connectivity index (χ3n) is 4.30. The lowest BCUT2D eigenvalue weighted by molar-refractivity contribution is 0.108. The van der Waals surface area contributed by atoms with E-state index in [0.29, 0.717) is 9.90 Å². The van der Waals surface area contributed by atoms with Crippen LogP contribution in [0.5, 0.6) is 0 Å². The fourth-order valence-electron chi connectivity index (χ4n) is 3.33. The lowest BCUT2D eigenvalue weighted by atomic mass is 10.0. The molecule has 0 spiro atoms. The maximum Gasteiger partial charge on any atom is 0.263 e. The number of rotatable bonds is 1. The molecule has 24 heavy (non-hydrogen) atoms. The minimum absolute atomic E-state index is 0.420. The molecule has 0 saturated carbocycles. The van der Waals surface area contributed by atoms with Gasteiger partial charge >= 0.3 is 0 Å². The van der Waals surface area contributed by atoms with E-state index in [2.05, 4.69) is 30.3 Å². The quantitative estimate of drug-likeness (QED) is 0.273. The molecule has 2 aromatic heterocycles. The van der Waals surface area contributed by atoms with Crippen LogP contribution in [0.1, 0.15) is 9.67 Å². The van der Waals surface area contributed by atoms with Gasteiger partial charge in [-0.2, -0.15) is 0 Å². The Balaban J connectivity index is 2.19. The molecule has 5 rings (SSSR count). The second-order valence-electron chi connectivity index (χ2n) is 5.57. The molecule has 0 amide bonds. The van der Waals surface area contributed by atoms with Gasteiger partial charge in [-0.1, -0.05) is 54.1 Å². The van der Waals surface area contributed by atoms with Crippen LogP contribution in [0.25, 0.3) is 41.0 Å². The Morgan fingerprint density at radius 2 is 1.38 bits per heavy atom. The van der Waals surface area contributed by atoms with Gasteiger partial charge in [-0.3, -0.25) is 4.79 Å². The first-order valence-electron chi connectivity index (χ1n) is 7.30. The normalized spacial score (nSPS) is 11.9. The Hall–Kier alpha value is -1.65. The highest BCUT2D eigenvalue weighted by Gasteiger charge is 2.22. The lowest BCUT2D eigenvalue weighted by Crippen LogP contribution is -1.82. The Kier molecular flexibility index (Phi) is 3.16. The van der Waals surface area contributed by atoms with Crippen molar-refractivity contribution in [1.29, 1.82) is 0 Å². The van der Waals surface area contributed by atoms with Gasteiger partial charge in [0.1, 0.15) is 4.88 Å². The van der Waals surface area contributed by atoms with Gasteiger partial charge in [0.2, 0.25) is 0 Å². The van der Waals surface area contributed by atoms with Crippen molar-refractivity contribution in [2.45, 2.75) is 0 Å². The zero-order chi connectivity index (χ0) is 16.4. The number of benzene rings is 3. The van der Waals surface area contributed by atoms with Gasteiger partial charge in [0.05, 0.1) is 14.4 Å². The van der Waals surface area contributed by atoms with E-state index in [-0.39, 0.29) is 0 Å². The van der Waals surface area contributed by atoms with Crippen LogP contribution in [0.15, 0.2) is 48.5 Å². The Labute approximate surface area is 155 Å². The second-order valence-corrected chi connectivity index (χ2v) is 8.36. The number of hydrogen-bond donors (Lipinski definition) is 0. The molecule has 3 aromatic carbocycles. The molecule has 116 valence electrons. The fourth-order valence-corrected chi connectivity index (χ4v) is 6.44. The van der Waals surface area contributed by atoms with Crippen LogP contribution in [-0.4, -0.2) is 5.24 Å². The van der Waals surface area contributed by atoms with Crippen molar-refractivity contribution in [3.63, 3.8) is 0 Å². The topological polar surface area (TPSA) is 17.1 Å². The summed E-state index contributed by atoms with van der Waals surface area (Å²) >= 11 is 15.4. The summed E-state index contributed by atoms with van der Waals surface area (Å²) in [6, 6.07) is 16.6. The third-order valence-corrected chi connectivity index (χ3v) is 7.61. The van der Waals surface area contributed by atoms with Crippen molar-refractivity contribution in [3.05, 3.63) is 58.4 Å². The molecule has 5 heteroatoms. The third kappa shape index (κ3) is 1.84. The predicted molar refractivity (Wildman–Crippen MR) is 107 cm³/mol. The van der Waals surface area contributed by atoms with Gasteiger partial charge in [0.15, 0.2) is 0 Å². The highest BCUT2D eigenvalue weighted by Crippen LogP contribution is 2.49. The minimum Gasteiger partial charge on any atom is -0.275 e. The average Bonchev–Trinajstić information content (AvgIpc) is 3.14. The van der Waals surface area contributed by atoms with Crippen LogP contribution in [0, 0.1) is 0 Å². The lowest BCUT2D eigenvalue weighted by Gasteiger charge is -2.04. The van der Waals surface area contributed by atoms with E-state index in [1.165, 1.54) is 31.5 Å². The van der Waals surface area contributed by atoms with Crippen molar-refractivity contribution in [2.24, 2.45) is 0 Å². The first-order chi connectivity index (χ1) is 11.7. The number of fused-ring (bicyclic) bond motifs is 8. The van der Waals surface area contributed by atoms with Gasteiger partial charge in [-0.05, 0) is 28.4 Å². The molecule has 2 heterocycles. The van der Waals surface area contributed by atoms with E-state index >= 15 is 0 Å². The van der Waals surface area contributed by atoms with E-state index in [1.807, 2.05) is 18.2 Å². The van der Waals surface area contributed by atoms with Gasteiger partial charge < -0.3 is 0 Å². The van der Waals surface area contributed by atoms with Crippen molar-refractivity contribution < 1.29 is 4.79 Å². The molecule has 0 aliphatic heterocycles. The van der Waals surface area contributed by atoms with E-state index < -0.39 is 5.24 Å². The van der Waals surface area contributed by atoms with Gasteiger partial charge in [-0.15, -0.1) is 22.7 Å². The van der Waals surface area contributed by atoms with E-state index in [4.69, 9.17) is 23.2 Å². The summed E-state index contributed by atoms with van der Waals surface area (Å²) in [5, 5.41) is 5.58. The van der Waals surface area contributed by atoms with Crippen molar-refractivity contribution in [2.75, 3.05) is 0 Å². The smallest absolute Gasteiger partial charge is 0.263 e. The van der Waals surface area contributed by atoms with Crippen molar-refractivity contribution in [1.82, 2.24) is 0 Å². The Morgan fingerprint density at radius 3 is 2.08 bits per heavy atom. The molecule has 0 unspecified atom stereocenters. The summed E-state index contributed by atoms with van der Waals surface area (Å²) in [7, 11) is 0. The number of halogens is 2. The van der Waals surface area contributed by atoms with Gasteiger partial charge in [0.25, 0.3) is 5.24 Å². The first kappa shape index (κ1) is 14.7. The van der Waals surface area contributed by atoms with Crippen LogP contribution in [0.3, 0.4) is 0 Å².